The Kier molecular flexibility index (Phi) is 4.19. The van der Waals surface area contributed by atoms with E-state index in [1.165, 1.54) is 18.5 Å². The number of rotatable bonds is 2. The van der Waals surface area contributed by atoms with E-state index in [1.54, 1.807) is 0 Å². The molecular weight excluding hydrogens is 234 g/mol. The fourth-order valence-corrected chi connectivity index (χ4v) is 2.97. The van der Waals surface area contributed by atoms with Crippen LogP contribution in [-0.4, -0.2) is 18.2 Å². The van der Waals surface area contributed by atoms with Crippen molar-refractivity contribution in [1.29, 1.82) is 0 Å². The summed E-state index contributed by atoms with van der Waals surface area (Å²) in [5, 5.41) is 9.54. The van der Waals surface area contributed by atoms with Gasteiger partial charge >= 0.3 is 0 Å². The molecule has 2 rings (SSSR count). The van der Waals surface area contributed by atoms with Gasteiger partial charge in [0.15, 0.2) is 0 Å². The van der Waals surface area contributed by atoms with E-state index in [-0.39, 0.29) is 6.10 Å². The van der Waals surface area contributed by atoms with Gasteiger partial charge in [-0.15, -0.1) is 0 Å². The lowest BCUT2D eigenvalue weighted by molar-refractivity contribution is 0.198. The summed E-state index contributed by atoms with van der Waals surface area (Å²) in [7, 11) is 0. The molecule has 0 bridgehead atoms. The predicted octanol–water partition coefficient (Wildman–Crippen LogP) is 4.00. The molecular formula is C17H27NO. The third kappa shape index (κ3) is 3.50. The van der Waals surface area contributed by atoms with Gasteiger partial charge in [0.1, 0.15) is 0 Å². The number of nitrogens with zero attached hydrogens (tertiary/aromatic N) is 1. The van der Waals surface area contributed by atoms with Crippen LogP contribution in [0.1, 0.15) is 52.2 Å². The van der Waals surface area contributed by atoms with Gasteiger partial charge in [-0.25, -0.2) is 0 Å². The van der Waals surface area contributed by atoms with Crippen molar-refractivity contribution >= 4 is 5.69 Å². The molecule has 1 aliphatic heterocycles. The lowest BCUT2D eigenvalue weighted by atomic mass is 9.75. The summed E-state index contributed by atoms with van der Waals surface area (Å²) >= 11 is 0. The molecule has 0 amide bonds. The normalized spacial score (nSPS) is 19.5. The Morgan fingerprint density at radius 3 is 2.05 bits per heavy atom. The zero-order valence-electron chi connectivity index (χ0n) is 12.7. The first-order valence-corrected chi connectivity index (χ1v) is 7.41. The first kappa shape index (κ1) is 14.4. The van der Waals surface area contributed by atoms with Crippen molar-refractivity contribution in [3.63, 3.8) is 0 Å². The molecule has 1 heterocycles. The fraction of sp³-hybridized carbons (Fsp3) is 0.647. The molecule has 0 saturated carbocycles. The molecule has 0 aromatic heterocycles. The van der Waals surface area contributed by atoms with Gasteiger partial charge < -0.3 is 10.0 Å². The van der Waals surface area contributed by atoms with E-state index in [2.05, 4.69) is 37.8 Å². The predicted molar refractivity (Wildman–Crippen MR) is 81.5 cm³/mol. The zero-order chi connectivity index (χ0) is 14.0. The van der Waals surface area contributed by atoms with Crippen molar-refractivity contribution in [2.45, 2.75) is 46.6 Å². The highest BCUT2D eigenvalue weighted by atomic mass is 16.3. The van der Waals surface area contributed by atoms with Crippen LogP contribution in [0.3, 0.4) is 0 Å². The molecule has 1 atom stereocenters. The second-order valence-electron chi connectivity index (χ2n) is 6.89. The van der Waals surface area contributed by atoms with Crippen LogP contribution >= 0.6 is 0 Å². The molecule has 0 radical (unpaired) electrons. The minimum Gasteiger partial charge on any atom is -0.389 e. The van der Waals surface area contributed by atoms with Crippen molar-refractivity contribution in [1.82, 2.24) is 0 Å². The van der Waals surface area contributed by atoms with E-state index in [1.807, 2.05) is 19.1 Å². The SMILES string of the molecule is C[C@@H](O)c1ccc(N2CCC(C(C)(C)C)CC2)cc1. The molecule has 1 fully saturated rings. The highest BCUT2D eigenvalue weighted by Crippen LogP contribution is 2.35. The average molecular weight is 261 g/mol. The molecule has 2 heteroatoms. The van der Waals surface area contributed by atoms with Crippen LogP contribution in [0.25, 0.3) is 0 Å². The first-order valence-electron chi connectivity index (χ1n) is 7.41. The standard InChI is InChI=1S/C17H27NO/c1-13(19)14-5-7-16(8-6-14)18-11-9-15(10-12-18)17(2,3)4/h5-8,13,15,19H,9-12H2,1-4H3/t13-/m1/s1. The van der Waals surface area contributed by atoms with Gasteiger partial charge in [-0.2, -0.15) is 0 Å². The van der Waals surface area contributed by atoms with Crippen LogP contribution in [0.5, 0.6) is 0 Å². The van der Waals surface area contributed by atoms with Gasteiger partial charge in [0, 0.05) is 18.8 Å². The lowest BCUT2D eigenvalue weighted by Crippen LogP contribution is -2.38. The second kappa shape index (κ2) is 5.54. The summed E-state index contributed by atoms with van der Waals surface area (Å²) in [6.07, 6.45) is 2.18. The van der Waals surface area contributed by atoms with Crippen LogP contribution < -0.4 is 4.90 Å². The van der Waals surface area contributed by atoms with E-state index in [9.17, 15) is 5.11 Å². The van der Waals surface area contributed by atoms with Gasteiger partial charge in [-0.1, -0.05) is 32.9 Å². The van der Waals surface area contributed by atoms with Crippen molar-refractivity contribution < 1.29 is 5.11 Å². The van der Waals surface area contributed by atoms with Crippen molar-refractivity contribution in [2.24, 2.45) is 11.3 Å². The third-order valence-electron chi connectivity index (χ3n) is 4.46. The van der Waals surface area contributed by atoms with E-state index < -0.39 is 0 Å². The Labute approximate surface area is 117 Å². The van der Waals surface area contributed by atoms with Gasteiger partial charge in [0.05, 0.1) is 6.10 Å². The summed E-state index contributed by atoms with van der Waals surface area (Å²) < 4.78 is 0. The Morgan fingerprint density at radius 1 is 1.11 bits per heavy atom. The molecule has 1 aliphatic rings. The van der Waals surface area contributed by atoms with Crippen LogP contribution in [0.4, 0.5) is 5.69 Å². The van der Waals surface area contributed by atoms with Crippen LogP contribution in [0, 0.1) is 11.3 Å². The maximum atomic E-state index is 9.54. The largest absolute Gasteiger partial charge is 0.389 e. The number of aliphatic hydroxyl groups is 1. The van der Waals surface area contributed by atoms with Crippen molar-refractivity contribution in [2.75, 3.05) is 18.0 Å². The lowest BCUT2D eigenvalue weighted by Gasteiger charge is -2.39. The summed E-state index contributed by atoms with van der Waals surface area (Å²) in [5.41, 5.74) is 2.72. The van der Waals surface area contributed by atoms with Gasteiger partial charge in [-0.05, 0) is 48.8 Å². The number of benzene rings is 1. The fourth-order valence-electron chi connectivity index (χ4n) is 2.97. The second-order valence-corrected chi connectivity index (χ2v) is 6.89. The van der Waals surface area contributed by atoms with Crippen LogP contribution in [-0.2, 0) is 0 Å². The number of anilines is 1. The van der Waals surface area contributed by atoms with Gasteiger partial charge in [-0.3, -0.25) is 0 Å². The summed E-state index contributed by atoms with van der Waals surface area (Å²) in [6.45, 7) is 11.2. The van der Waals surface area contributed by atoms with E-state index in [4.69, 9.17) is 0 Å². The maximum absolute atomic E-state index is 9.54. The number of aliphatic hydroxyl groups excluding tert-OH is 1. The maximum Gasteiger partial charge on any atom is 0.0761 e. The van der Waals surface area contributed by atoms with Crippen LogP contribution in [0.2, 0.25) is 0 Å². The molecule has 1 N–H and O–H groups in total. The molecule has 1 aromatic rings. The molecule has 1 aromatic carbocycles. The minimum absolute atomic E-state index is 0.374. The molecule has 0 aliphatic carbocycles. The van der Waals surface area contributed by atoms with Crippen LogP contribution in [0.15, 0.2) is 24.3 Å². The molecule has 2 nitrogen and oxygen atoms in total. The Bertz CT molecular complexity index is 394. The van der Waals surface area contributed by atoms with E-state index in [0.717, 1.165) is 24.6 Å². The van der Waals surface area contributed by atoms with Gasteiger partial charge in [0.25, 0.3) is 0 Å². The Hall–Kier alpha value is -1.02. The average Bonchev–Trinajstić information content (AvgIpc) is 2.38. The number of hydrogen-bond acceptors (Lipinski definition) is 2. The third-order valence-corrected chi connectivity index (χ3v) is 4.46. The Morgan fingerprint density at radius 2 is 1.63 bits per heavy atom. The Balaban J connectivity index is 1.98. The molecule has 106 valence electrons. The summed E-state index contributed by atoms with van der Waals surface area (Å²) in [6, 6.07) is 8.35. The zero-order valence-corrected chi connectivity index (χ0v) is 12.7. The highest BCUT2D eigenvalue weighted by molar-refractivity contribution is 5.48. The monoisotopic (exact) mass is 261 g/mol. The summed E-state index contributed by atoms with van der Waals surface area (Å²) in [5.74, 6) is 0.834. The van der Waals surface area contributed by atoms with E-state index >= 15 is 0 Å². The molecule has 0 unspecified atom stereocenters. The number of hydrogen-bond donors (Lipinski definition) is 1. The van der Waals surface area contributed by atoms with E-state index in [0.29, 0.717) is 5.41 Å². The highest BCUT2D eigenvalue weighted by Gasteiger charge is 2.28. The quantitative estimate of drug-likeness (QED) is 0.869. The molecule has 19 heavy (non-hydrogen) atoms. The topological polar surface area (TPSA) is 23.5 Å². The van der Waals surface area contributed by atoms with Gasteiger partial charge in [0.2, 0.25) is 0 Å². The number of piperidine rings is 1. The first-order chi connectivity index (χ1) is 8.88. The smallest absolute Gasteiger partial charge is 0.0761 e. The molecule has 0 spiro atoms. The summed E-state index contributed by atoms with van der Waals surface area (Å²) in [4.78, 5) is 2.47. The van der Waals surface area contributed by atoms with Crippen molar-refractivity contribution in [3.8, 4) is 0 Å². The molecule has 1 saturated heterocycles. The van der Waals surface area contributed by atoms with Crippen molar-refractivity contribution in [3.05, 3.63) is 29.8 Å². The minimum atomic E-state index is -0.374.